The van der Waals surface area contributed by atoms with E-state index in [0.717, 1.165) is 0 Å². The summed E-state index contributed by atoms with van der Waals surface area (Å²) in [5, 5.41) is -0.731. The van der Waals surface area contributed by atoms with Gasteiger partial charge in [-0.25, -0.2) is 0 Å². The zero-order chi connectivity index (χ0) is 6.08. The van der Waals surface area contributed by atoms with Crippen LogP contribution in [0.4, 0.5) is 8.22 Å². The topological polar surface area (TPSA) is 0 Å². The summed E-state index contributed by atoms with van der Waals surface area (Å²) < 4.78 is 23.3. The third-order valence-corrected chi connectivity index (χ3v) is 1.70. The van der Waals surface area contributed by atoms with Gasteiger partial charge in [0.25, 0.3) is 0 Å². The van der Waals surface area contributed by atoms with Crippen LogP contribution in [0.2, 0.25) is 5.04 Å². The highest BCUT2D eigenvalue weighted by Crippen LogP contribution is 2.27. The van der Waals surface area contributed by atoms with E-state index in [1.807, 2.05) is 0 Å². The molecule has 0 aromatic heterocycles. The Morgan fingerprint density at radius 1 is 1.14 bits per heavy atom. The van der Waals surface area contributed by atoms with Crippen molar-refractivity contribution in [1.29, 1.82) is 0 Å². The first-order valence-electron chi connectivity index (χ1n) is 2.13. The maximum absolute atomic E-state index is 11.6. The molecule has 0 N–H and O–H groups in total. The number of hydrogen-bond donors (Lipinski definition) is 0. The minimum absolute atomic E-state index is 0.731. The predicted molar refractivity (Wildman–Crippen MR) is 27.7 cm³/mol. The van der Waals surface area contributed by atoms with Crippen LogP contribution in [-0.2, 0) is 0 Å². The van der Waals surface area contributed by atoms with Crippen LogP contribution < -0.4 is 0 Å². The second-order valence-corrected chi connectivity index (χ2v) is 4.53. The molecule has 0 saturated carbocycles. The van der Waals surface area contributed by atoms with Crippen LogP contribution in [0.3, 0.4) is 0 Å². The Bertz CT molecular complexity index is 55.2. The largest absolute Gasteiger partial charge is 0.482 e. The predicted octanol–water partition coefficient (Wildman–Crippen LogP) is 2.21. The smallest absolute Gasteiger partial charge is 0.268 e. The molecular formula is C4H9F2Si. The van der Waals surface area contributed by atoms with Gasteiger partial charge >= 0.3 is 9.46 Å². The van der Waals surface area contributed by atoms with Gasteiger partial charge in [0, 0.05) is 5.04 Å². The number of rotatable bonds is 0. The van der Waals surface area contributed by atoms with E-state index < -0.39 is 14.5 Å². The molecule has 7 heavy (non-hydrogen) atoms. The van der Waals surface area contributed by atoms with Gasteiger partial charge in [-0.1, -0.05) is 20.8 Å². The molecule has 0 saturated heterocycles. The van der Waals surface area contributed by atoms with Gasteiger partial charge in [-0.05, 0) is 0 Å². The van der Waals surface area contributed by atoms with Crippen LogP contribution in [0.25, 0.3) is 0 Å². The molecule has 3 heteroatoms. The van der Waals surface area contributed by atoms with Crippen LogP contribution >= 0.6 is 0 Å². The van der Waals surface area contributed by atoms with Crippen LogP contribution in [0.15, 0.2) is 0 Å². The Labute approximate surface area is 44.5 Å². The molecule has 0 heterocycles. The average molecular weight is 123 g/mol. The minimum atomic E-state index is -3.05. The summed E-state index contributed by atoms with van der Waals surface area (Å²) in [6.45, 7) is 4.67. The van der Waals surface area contributed by atoms with E-state index >= 15 is 0 Å². The molecule has 0 nitrogen and oxygen atoms in total. The van der Waals surface area contributed by atoms with Crippen molar-refractivity contribution >= 4 is 9.46 Å². The minimum Gasteiger partial charge on any atom is -0.268 e. The molecule has 0 aromatic carbocycles. The van der Waals surface area contributed by atoms with Crippen molar-refractivity contribution in [1.82, 2.24) is 0 Å². The third-order valence-electron chi connectivity index (χ3n) is 0.567. The molecule has 0 rings (SSSR count). The van der Waals surface area contributed by atoms with Gasteiger partial charge in [0.1, 0.15) is 0 Å². The summed E-state index contributed by atoms with van der Waals surface area (Å²) in [6, 6.07) is 0. The van der Waals surface area contributed by atoms with Crippen molar-refractivity contribution in [3.63, 3.8) is 0 Å². The molecule has 0 aliphatic heterocycles. The molecule has 0 amide bonds. The van der Waals surface area contributed by atoms with E-state index in [9.17, 15) is 8.22 Å². The van der Waals surface area contributed by atoms with Crippen molar-refractivity contribution < 1.29 is 8.22 Å². The van der Waals surface area contributed by atoms with E-state index in [-0.39, 0.29) is 0 Å². The van der Waals surface area contributed by atoms with E-state index in [1.165, 1.54) is 0 Å². The molecule has 1 radical (unpaired) electrons. The van der Waals surface area contributed by atoms with Gasteiger partial charge in [0.2, 0.25) is 0 Å². The normalized spacial score (nSPS) is 12.9. The van der Waals surface area contributed by atoms with E-state index in [1.54, 1.807) is 20.8 Å². The first-order valence-corrected chi connectivity index (χ1v) is 3.38. The molecule has 0 aliphatic carbocycles. The lowest BCUT2D eigenvalue weighted by Crippen LogP contribution is -2.13. The molecule has 0 aromatic rings. The van der Waals surface area contributed by atoms with Gasteiger partial charge in [-0.15, -0.1) is 0 Å². The van der Waals surface area contributed by atoms with Gasteiger partial charge in [0.05, 0.1) is 0 Å². The second kappa shape index (κ2) is 1.90. The molecule has 0 unspecified atom stereocenters. The Balaban J connectivity index is 3.54. The summed E-state index contributed by atoms with van der Waals surface area (Å²) in [5.41, 5.74) is 0. The average Bonchev–Trinajstić information content (AvgIpc) is 1.31. The Morgan fingerprint density at radius 3 is 1.29 bits per heavy atom. The monoisotopic (exact) mass is 123 g/mol. The van der Waals surface area contributed by atoms with Crippen LogP contribution in [0, 0.1) is 0 Å². The standard InChI is InChI=1S/C4H9F2Si/c1-4(2,3)7(5)6/h1-3H3. The maximum Gasteiger partial charge on any atom is 0.482 e. The van der Waals surface area contributed by atoms with E-state index in [2.05, 4.69) is 0 Å². The molecule has 0 atom stereocenters. The van der Waals surface area contributed by atoms with Crippen LogP contribution in [0.5, 0.6) is 0 Å². The van der Waals surface area contributed by atoms with Crippen molar-refractivity contribution in [3.05, 3.63) is 0 Å². The quantitative estimate of drug-likeness (QED) is 0.342. The molecule has 43 valence electrons. The van der Waals surface area contributed by atoms with E-state index in [0.29, 0.717) is 0 Å². The summed E-state index contributed by atoms with van der Waals surface area (Å²) in [4.78, 5) is 0. The second-order valence-electron chi connectivity index (χ2n) is 2.51. The summed E-state index contributed by atoms with van der Waals surface area (Å²) in [6.07, 6.45) is 0. The molecular weight excluding hydrogens is 114 g/mol. The fourth-order valence-electron chi connectivity index (χ4n) is 0. The Morgan fingerprint density at radius 2 is 1.29 bits per heavy atom. The molecule has 0 bridgehead atoms. The lowest BCUT2D eigenvalue weighted by Gasteiger charge is -2.11. The SMILES string of the molecule is CC(C)(C)[Si](F)F. The summed E-state index contributed by atoms with van der Waals surface area (Å²) in [7, 11) is -3.05. The van der Waals surface area contributed by atoms with E-state index in [4.69, 9.17) is 0 Å². The highest BCUT2D eigenvalue weighted by Gasteiger charge is 2.28. The Hall–Kier alpha value is 0.0769. The van der Waals surface area contributed by atoms with Crippen molar-refractivity contribution in [2.75, 3.05) is 0 Å². The fraction of sp³-hybridized carbons (Fsp3) is 1.00. The zero-order valence-electron chi connectivity index (χ0n) is 4.76. The van der Waals surface area contributed by atoms with Gasteiger partial charge in [-0.3, -0.25) is 8.22 Å². The first kappa shape index (κ1) is 7.08. The van der Waals surface area contributed by atoms with Gasteiger partial charge in [0.15, 0.2) is 0 Å². The highest BCUT2D eigenvalue weighted by atomic mass is 28.4. The fourth-order valence-corrected chi connectivity index (χ4v) is 0. The van der Waals surface area contributed by atoms with Crippen molar-refractivity contribution in [2.24, 2.45) is 0 Å². The lowest BCUT2D eigenvalue weighted by atomic mass is 10.3. The van der Waals surface area contributed by atoms with Crippen molar-refractivity contribution in [3.8, 4) is 0 Å². The van der Waals surface area contributed by atoms with Crippen LogP contribution in [-0.4, -0.2) is 9.46 Å². The van der Waals surface area contributed by atoms with Gasteiger partial charge in [-0.2, -0.15) is 0 Å². The summed E-state index contributed by atoms with van der Waals surface area (Å²) in [5.74, 6) is 0. The molecule has 0 fully saturated rings. The Kier molecular flexibility index (Phi) is 1.92. The van der Waals surface area contributed by atoms with Gasteiger partial charge < -0.3 is 0 Å². The molecule has 0 aliphatic rings. The molecule has 0 spiro atoms. The lowest BCUT2D eigenvalue weighted by molar-refractivity contribution is 0.548. The third kappa shape index (κ3) is 2.74. The number of hydrogen-bond acceptors (Lipinski definition) is 0. The maximum atomic E-state index is 11.6. The van der Waals surface area contributed by atoms with Crippen molar-refractivity contribution in [2.45, 2.75) is 25.8 Å². The highest BCUT2D eigenvalue weighted by molar-refractivity contribution is 6.46. The first-order chi connectivity index (χ1) is 2.94. The summed E-state index contributed by atoms with van der Waals surface area (Å²) >= 11 is 0. The van der Waals surface area contributed by atoms with Crippen LogP contribution in [0.1, 0.15) is 20.8 Å². The number of halogens is 2. The zero-order valence-corrected chi connectivity index (χ0v) is 5.76.